The molecule has 0 aromatic heterocycles. The van der Waals surface area contributed by atoms with E-state index in [0.717, 1.165) is 37.2 Å². The van der Waals surface area contributed by atoms with Gasteiger partial charge in [-0.1, -0.05) is 12.1 Å². The quantitative estimate of drug-likeness (QED) is 0.815. The van der Waals surface area contributed by atoms with Gasteiger partial charge in [0.25, 0.3) is 0 Å². The summed E-state index contributed by atoms with van der Waals surface area (Å²) in [7, 11) is 0. The van der Waals surface area contributed by atoms with Gasteiger partial charge in [0.15, 0.2) is 0 Å². The third kappa shape index (κ3) is 2.77. The van der Waals surface area contributed by atoms with Crippen LogP contribution in [0.25, 0.3) is 0 Å². The molecule has 1 aliphatic rings. The van der Waals surface area contributed by atoms with Crippen LogP contribution in [0.15, 0.2) is 24.3 Å². The van der Waals surface area contributed by atoms with Gasteiger partial charge in [0, 0.05) is 11.7 Å². The van der Waals surface area contributed by atoms with Crippen molar-refractivity contribution in [2.45, 2.75) is 25.8 Å². The molecule has 4 heteroatoms. The molecular weight excluding hydrogens is 214 g/mol. The summed E-state index contributed by atoms with van der Waals surface area (Å²) in [6.07, 6.45) is 1.91. The Morgan fingerprint density at radius 2 is 2.12 bits per heavy atom. The fraction of sp³-hybridized carbons (Fsp3) is 0.462. The maximum Gasteiger partial charge on any atom is 0.319 e. The zero-order chi connectivity index (χ0) is 12.3. The van der Waals surface area contributed by atoms with Crippen molar-refractivity contribution in [3.63, 3.8) is 0 Å². The van der Waals surface area contributed by atoms with Crippen molar-refractivity contribution in [3.8, 4) is 0 Å². The number of anilines is 1. The average Bonchev–Trinajstić information content (AvgIpc) is 2.30. The lowest BCUT2D eigenvalue weighted by molar-refractivity contribution is 0.249. The Labute approximate surface area is 102 Å². The highest BCUT2D eigenvalue weighted by atomic mass is 16.2. The smallest absolute Gasteiger partial charge is 0.319 e. The third-order valence-electron chi connectivity index (χ3n) is 3.19. The van der Waals surface area contributed by atoms with Gasteiger partial charge in [-0.05, 0) is 50.6 Å². The Kier molecular flexibility index (Phi) is 3.64. The van der Waals surface area contributed by atoms with E-state index in [1.165, 1.54) is 0 Å². The molecule has 0 radical (unpaired) electrons. The number of primary amides is 1. The SMILES string of the molecule is Cc1cccc(N(C(N)=O)C2CCNCC2)c1. The van der Waals surface area contributed by atoms with E-state index in [1.54, 1.807) is 4.90 Å². The minimum Gasteiger partial charge on any atom is -0.351 e. The highest BCUT2D eigenvalue weighted by molar-refractivity contribution is 5.91. The number of carbonyl (C=O) groups excluding carboxylic acids is 1. The van der Waals surface area contributed by atoms with Crippen LogP contribution in [0.2, 0.25) is 0 Å². The van der Waals surface area contributed by atoms with E-state index >= 15 is 0 Å². The Morgan fingerprint density at radius 1 is 1.41 bits per heavy atom. The van der Waals surface area contributed by atoms with Crippen LogP contribution in [0, 0.1) is 6.92 Å². The van der Waals surface area contributed by atoms with Crippen molar-refractivity contribution in [3.05, 3.63) is 29.8 Å². The van der Waals surface area contributed by atoms with Crippen LogP contribution < -0.4 is 16.0 Å². The first kappa shape index (κ1) is 11.9. The monoisotopic (exact) mass is 233 g/mol. The molecule has 0 spiro atoms. The minimum absolute atomic E-state index is 0.218. The fourth-order valence-corrected chi connectivity index (χ4v) is 2.36. The van der Waals surface area contributed by atoms with Crippen LogP contribution in [0.5, 0.6) is 0 Å². The Bertz CT molecular complexity index is 399. The molecule has 1 aliphatic heterocycles. The van der Waals surface area contributed by atoms with Gasteiger partial charge in [-0.3, -0.25) is 4.90 Å². The number of hydrogen-bond acceptors (Lipinski definition) is 2. The van der Waals surface area contributed by atoms with Gasteiger partial charge in [0.05, 0.1) is 0 Å². The zero-order valence-electron chi connectivity index (χ0n) is 10.1. The Morgan fingerprint density at radius 3 is 2.71 bits per heavy atom. The Hall–Kier alpha value is -1.55. The number of nitrogens with one attached hydrogen (secondary N) is 1. The molecule has 2 rings (SSSR count). The van der Waals surface area contributed by atoms with Gasteiger partial charge in [-0.15, -0.1) is 0 Å². The first-order valence-electron chi connectivity index (χ1n) is 6.04. The van der Waals surface area contributed by atoms with Crippen LogP contribution in [0.3, 0.4) is 0 Å². The van der Waals surface area contributed by atoms with Gasteiger partial charge < -0.3 is 11.1 Å². The lowest BCUT2D eigenvalue weighted by atomic mass is 10.0. The molecular formula is C13H19N3O. The van der Waals surface area contributed by atoms with E-state index in [0.29, 0.717) is 0 Å². The molecule has 0 atom stereocenters. The van der Waals surface area contributed by atoms with Crippen LogP contribution >= 0.6 is 0 Å². The van der Waals surface area contributed by atoms with E-state index in [-0.39, 0.29) is 12.1 Å². The number of carbonyl (C=O) groups is 1. The molecule has 3 N–H and O–H groups in total. The molecule has 0 unspecified atom stereocenters. The van der Waals surface area contributed by atoms with Crippen molar-refractivity contribution < 1.29 is 4.79 Å². The molecule has 1 fully saturated rings. The normalized spacial score (nSPS) is 16.8. The molecule has 1 heterocycles. The van der Waals surface area contributed by atoms with E-state index in [9.17, 15) is 4.79 Å². The largest absolute Gasteiger partial charge is 0.351 e. The molecule has 1 saturated heterocycles. The topological polar surface area (TPSA) is 58.4 Å². The standard InChI is InChI=1S/C13H19N3O/c1-10-3-2-4-12(9-10)16(13(14)17)11-5-7-15-8-6-11/h2-4,9,11,15H,5-8H2,1H3,(H2,14,17). The maximum absolute atomic E-state index is 11.6. The molecule has 1 aromatic rings. The summed E-state index contributed by atoms with van der Waals surface area (Å²) in [6.45, 7) is 3.91. The first-order chi connectivity index (χ1) is 8.18. The second-order valence-corrected chi connectivity index (χ2v) is 4.53. The van der Waals surface area contributed by atoms with E-state index in [1.807, 2.05) is 31.2 Å². The van der Waals surface area contributed by atoms with Crippen molar-refractivity contribution in [2.24, 2.45) is 5.73 Å². The van der Waals surface area contributed by atoms with Crippen LogP contribution in [-0.4, -0.2) is 25.2 Å². The van der Waals surface area contributed by atoms with Crippen molar-refractivity contribution >= 4 is 11.7 Å². The zero-order valence-corrected chi connectivity index (χ0v) is 10.1. The highest BCUT2D eigenvalue weighted by Crippen LogP contribution is 2.22. The van der Waals surface area contributed by atoms with Gasteiger partial charge >= 0.3 is 6.03 Å². The third-order valence-corrected chi connectivity index (χ3v) is 3.19. The number of aryl methyl sites for hydroxylation is 1. The van der Waals surface area contributed by atoms with E-state index < -0.39 is 0 Å². The van der Waals surface area contributed by atoms with Gasteiger partial charge in [0.1, 0.15) is 0 Å². The summed E-state index contributed by atoms with van der Waals surface area (Å²) < 4.78 is 0. The summed E-state index contributed by atoms with van der Waals surface area (Å²) in [5.41, 5.74) is 7.56. The number of piperidine rings is 1. The molecule has 2 amide bonds. The molecule has 17 heavy (non-hydrogen) atoms. The fourth-order valence-electron chi connectivity index (χ4n) is 2.36. The number of nitrogens with zero attached hydrogens (tertiary/aromatic N) is 1. The van der Waals surface area contributed by atoms with Crippen LogP contribution in [0.1, 0.15) is 18.4 Å². The summed E-state index contributed by atoms with van der Waals surface area (Å²) in [4.78, 5) is 13.4. The predicted octanol–water partition coefficient (Wildman–Crippen LogP) is 1.63. The number of rotatable bonds is 2. The second kappa shape index (κ2) is 5.19. The lowest BCUT2D eigenvalue weighted by Gasteiger charge is -2.33. The van der Waals surface area contributed by atoms with Crippen molar-refractivity contribution in [2.75, 3.05) is 18.0 Å². The first-order valence-corrected chi connectivity index (χ1v) is 6.04. The Balaban J connectivity index is 2.25. The number of nitrogens with two attached hydrogens (primary N) is 1. The summed E-state index contributed by atoms with van der Waals surface area (Å²) in [5, 5.41) is 3.29. The summed E-state index contributed by atoms with van der Waals surface area (Å²) >= 11 is 0. The van der Waals surface area contributed by atoms with Crippen molar-refractivity contribution in [1.29, 1.82) is 0 Å². The molecule has 0 bridgehead atoms. The molecule has 92 valence electrons. The highest BCUT2D eigenvalue weighted by Gasteiger charge is 2.24. The summed E-state index contributed by atoms with van der Waals surface area (Å²) in [5.74, 6) is 0. The molecule has 1 aromatic carbocycles. The van der Waals surface area contributed by atoms with Crippen LogP contribution in [-0.2, 0) is 0 Å². The number of urea groups is 1. The van der Waals surface area contributed by atoms with E-state index in [2.05, 4.69) is 5.32 Å². The second-order valence-electron chi connectivity index (χ2n) is 4.53. The predicted molar refractivity (Wildman–Crippen MR) is 69.1 cm³/mol. The summed E-state index contributed by atoms with van der Waals surface area (Å²) in [6, 6.07) is 7.79. The molecule has 0 saturated carbocycles. The lowest BCUT2D eigenvalue weighted by Crippen LogP contribution is -2.48. The molecule has 0 aliphatic carbocycles. The number of hydrogen-bond donors (Lipinski definition) is 2. The minimum atomic E-state index is -0.359. The maximum atomic E-state index is 11.6. The number of benzene rings is 1. The van der Waals surface area contributed by atoms with Gasteiger partial charge in [-0.2, -0.15) is 0 Å². The number of amides is 2. The van der Waals surface area contributed by atoms with E-state index in [4.69, 9.17) is 5.73 Å². The van der Waals surface area contributed by atoms with Crippen LogP contribution in [0.4, 0.5) is 10.5 Å². The average molecular weight is 233 g/mol. The van der Waals surface area contributed by atoms with Gasteiger partial charge in [-0.25, -0.2) is 4.79 Å². The molecule has 4 nitrogen and oxygen atoms in total. The van der Waals surface area contributed by atoms with Gasteiger partial charge in [0.2, 0.25) is 0 Å². The van der Waals surface area contributed by atoms with Crippen molar-refractivity contribution in [1.82, 2.24) is 5.32 Å².